The fraction of sp³-hybridized carbons (Fsp3) is 0.667. The number of nitrogens with two attached hydrogens (primary N) is 1. The third-order valence-electron chi connectivity index (χ3n) is 2.71. The summed E-state index contributed by atoms with van der Waals surface area (Å²) in [6, 6.07) is 1.59. The number of sulfonamides is 1. The SMILES string of the molecule is CCCOCCCNS(=O)(=O)c1cc(CN)n(C)c1. The van der Waals surface area contributed by atoms with Crippen LogP contribution in [0.1, 0.15) is 25.5 Å². The highest BCUT2D eigenvalue weighted by atomic mass is 32.2. The molecule has 0 aliphatic rings. The maximum atomic E-state index is 12.0. The van der Waals surface area contributed by atoms with Crippen molar-refractivity contribution in [2.45, 2.75) is 31.2 Å². The number of nitrogens with zero attached hydrogens (tertiary/aromatic N) is 1. The van der Waals surface area contributed by atoms with E-state index < -0.39 is 10.0 Å². The molecule has 0 amide bonds. The maximum absolute atomic E-state index is 12.0. The summed E-state index contributed by atoms with van der Waals surface area (Å²) in [4.78, 5) is 0.255. The van der Waals surface area contributed by atoms with Crippen LogP contribution in [0.2, 0.25) is 0 Å². The van der Waals surface area contributed by atoms with Crippen molar-refractivity contribution in [3.05, 3.63) is 18.0 Å². The van der Waals surface area contributed by atoms with E-state index in [2.05, 4.69) is 4.72 Å². The third kappa shape index (κ3) is 4.94. The molecule has 0 bridgehead atoms. The lowest BCUT2D eigenvalue weighted by Crippen LogP contribution is -2.25. The molecule has 3 N–H and O–H groups in total. The van der Waals surface area contributed by atoms with Gasteiger partial charge < -0.3 is 15.0 Å². The molecule has 0 fully saturated rings. The Labute approximate surface area is 115 Å². The second-order valence-corrected chi connectivity index (χ2v) is 6.11. The van der Waals surface area contributed by atoms with Crippen molar-refractivity contribution >= 4 is 10.0 Å². The molecule has 1 aromatic heterocycles. The lowest BCUT2D eigenvalue weighted by atomic mass is 10.4. The molecule has 110 valence electrons. The summed E-state index contributed by atoms with van der Waals surface area (Å²) in [7, 11) is -1.67. The zero-order valence-electron chi connectivity index (χ0n) is 11.6. The summed E-state index contributed by atoms with van der Waals surface area (Å²) >= 11 is 0. The molecule has 0 radical (unpaired) electrons. The fourth-order valence-corrected chi connectivity index (χ4v) is 2.81. The van der Waals surface area contributed by atoms with Crippen molar-refractivity contribution in [1.29, 1.82) is 0 Å². The highest BCUT2D eigenvalue weighted by Crippen LogP contribution is 2.12. The van der Waals surface area contributed by atoms with Gasteiger partial charge in [-0.2, -0.15) is 0 Å². The summed E-state index contributed by atoms with van der Waals surface area (Å²) in [5, 5.41) is 0. The number of hydrogen-bond acceptors (Lipinski definition) is 4. The minimum absolute atomic E-state index is 0.255. The number of ether oxygens (including phenoxy) is 1. The van der Waals surface area contributed by atoms with E-state index in [9.17, 15) is 8.42 Å². The number of nitrogens with one attached hydrogen (secondary N) is 1. The summed E-state index contributed by atoms with van der Waals surface area (Å²) in [6.45, 7) is 4.01. The van der Waals surface area contributed by atoms with Gasteiger partial charge >= 0.3 is 0 Å². The van der Waals surface area contributed by atoms with Crippen molar-refractivity contribution in [2.24, 2.45) is 12.8 Å². The molecule has 0 saturated carbocycles. The molecule has 7 heteroatoms. The predicted molar refractivity (Wildman–Crippen MR) is 74.2 cm³/mol. The van der Waals surface area contributed by atoms with Gasteiger partial charge in [0.2, 0.25) is 10.0 Å². The Balaban J connectivity index is 2.47. The van der Waals surface area contributed by atoms with Crippen LogP contribution in [0.25, 0.3) is 0 Å². The minimum Gasteiger partial charge on any atom is -0.381 e. The van der Waals surface area contributed by atoms with Gasteiger partial charge in [0.15, 0.2) is 0 Å². The van der Waals surface area contributed by atoms with Gasteiger partial charge in [-0.1, -0.05) is 6.92 Å². The van der Waals surface area contributed by atoms with Crippen molar-refractivity contribution in [1.82, 2.24) is 9.29 Å². The molecule has 1 aromatic rings. The second kappa shape index (κ2) is 7.64. The number of hydrogen-bond donors (Lipinski definition) is 2. The molecule has 0 atom stereocenters. The van der Waals surface area contributed by atoms with Gasteiger partial charge in [-0.15, -0.1) is 0 Å². The van der Waals surface area contributed by atoms with Crippen LogP contribution in [-0.4, -0.2) is 32.7 Å². The molecule has 1 rings (SSSR count). The summed E-state index contributed by atoms with van der Waals surface area (Å²) in [6.07, 6.45) is 3.20. The fourth-order valence-electron chi connectivity index (χ4n) is 1.64. The highest BCUT2D eigenvalue weighted by molar-refractivity contribution is 7.89. The van der Waals surface area contributed by atoms with Crippen LogP contribution < -0.4 is 10.5 Å². The van der Waals surface area contributed by atoms with E-state index in [1.807, 2.05) is 6.92 Å². The van der Waals surface area contributed by atoms with E-state index >= 15 is 0 Å². The Hall–Kier alpha value is -0.890. The van der Waals surface area contributed by atoms with E-state index in [1.165, 1.54) is 0 Å². The van der Waals surface area contributed by atoms with Crippen LogP contribution in [-0.2, 0) is 28.4 Å². The number of aromatic nitrogens is 1. The van der Waals surface area contributed by atoms with E-state index in [-0.39, 0.29) is 4.90 Å². The van der Waals surface area contributed by atoms with Crippen molar-refractivity contribution in [3.63, 3.8) is 0 Å². The first-order chi connectivity index (χ1) is 9.01. The van der Waals surface area contributed by atoms with Crippen LogP contribution in [0, 0.1) is 0 Å². The Morgan fingerprint density at radius 2 is 2.16 bits per heavy atom. The molecule has 0 aliphatic heterocycles. The molecule has 0 saturated heterocycles. The molecular weight excluding hydrogens is 266 g/mol. The van der Waals surface area contributed by atoms with E-state index in [0.717, 1.165) is 12.1 Å². The van der Waals surface area contributed by atoms with Crippen LogP contribution >= 0.6 is 0 Å². The molecule has 0 spiro atoms. The average Bonchev–Trinajstić information content (AvgIpc) is 2.76. The molecular formula is C12H23N3O3S. The Morgan fingerprint density at radius 3 is 2.74 bits per heavy atom. The minimum atomic E-state index is -3.45. The molecule has 1 heterocycles. The molecule has 0 unspecified atom stereocenters. The Bertz CT molecular complexity index is 482. The average molecular weight is 289 g/mol. The second-order valence-electron chi connectivity index (χ2n) is 4.35. The normalized spacial score (nSPS) is 11.9. The highest BCUT2D eigenvalue weighted by Gasteiger charge is 2.16. The van der Waals surface area contributed by atoms with Crippen molar-refractivity contribution < 1.29 is 13.2 Å². The molecule has 0 aliphatic carbocycles. The van der Waals surface area contributed by atoms with Gasteiger partial charge in [0.1, 0.15) is 0 Å². The number of aryl methyl sites for hydroxylation is 1. The van der Waals surface area contributed by atoms with Gasteiger partial charge in [0.05, 0.1) is 4.90 Å². The monoisotopic (exact) mass is 289 g/mol. The summed E-state index contributed by atoms with van der Waals surface area (Å²) in [5.41, 5.74) is 6.31. The van der Waals surface area contributed by atoms with Gasteiger partial charge in [0, 0.05) is 45.2 Å². The van der Waals surface area contributed by atoms with Crippen LogP contribution in [0.3, 0.4) is 0 Å². The standard InChI is InChI=1S/C12H23N3O3S/c1-3-6-18-7-4-5-14-19(16,17)12-8-11(9-13)15(2)10-12/h8,10,14H,3-7,9,13H2,1-2H3. The van der Waals surface area contributed by atoms with E-state index in [1.54, 1.807) is 23.9 Å². The largest absolute Gasteiger partial charge is 0.381 e. The van der Waals surface area contributed by atoms with Crippen molar-refractivity contribution in [3.8, 4) is 0 Å². The maximum Gasteiger partial charge on any atom is 0.242 e. The first-order valence-corrected chi connectivity index (χ1v) is 7.92. The summed E-state index contributed by atoms with van der Waals surface area (Å²) in [5.74, 6) is 0. The zero-order valence-corrected chi connectivity index (χ0v) is 12.4. The Kier molecular flexibility index (Phi) is 6.50. The van der Waals surface area contributed by atoms with Crippen molar-refractivity contribution in [2.75, 3.05) is 19.8 Å². The first-order valence-electron chi connectivity index (χ1n) is 6.44. The van der Waals surface area contributed by atoms with Gasteiger partial charge in [-0.25, -0.2) is 13.1 Å². The van der Waals surface area contributed by atoms with E-state index in [4.69, 9.17) is 10.5 Å². The predicted octanol–water partition coefficient (Wildman–Crippen LogP) is 0.579. The van der Waals surface area contributed by atoms with Crippen LogP contribution in [0.15, 0.2) is 17.2 Å². The van der Waals surface area contributed by atoms with Gasteiger partial charge in [-0.05, 0) is 18.9 Å². The van der Waals surface area contributed by atoms with E-state index in [0.29, 0.717) is 32.7 Å². The zero-order chi connectivity index (χ0) is 14.3. The molecule has 19 heavy (non-hydrogen) atoms. The van der Waals surface area contributed by atoms with Crippen LogP contribution in [0.4, 0.5) is 0 Å². The molecule has 0 aromatic carbocycles. The Morgan fingerprint density at radius 1 is 1.42 bits per heavy atom. The first kappa shape index (κ1) is 16.2. The smallest absolute Gasteiger partial charge is 0.242 e. The van der Waals surface area contributed by atoms with Gasteiger partial charge in [0.25, 0.3) is 0 Å². The lowest BCUT2D eigenvalue weighted by molar-refractivity contribution is 0.133. The lowest BCUT2D eigenvalue weighted by Gasteiger charge is -2.05. The van der Waals surface area contributed by atoms with Gasteiger partial charge in [-0.3, -0.25) is 0 Å². The number of rotatable bonds is 9. The van der Waals surface area contributed by atoms with Crippen LogP contribution in [0.5, 0.6) is 0 Å². The molecule has 6 nitrogen and oxygen atoms in total. The third-order valence-corrected chi connectivity index (χ3v) is 4.14. The quantitative estimate of drug-likeness (QED) is 0.651. The summed E-state index contributed by atoms with van der Waals surface area (Å²) < 4.78 is 33.6. The topological polar surface area (TPSA) is 86.3 Å².